The number of pyridine rings is 1. The summed E-state index contributed by atoms with van der Waals surface area (Å²) in [5.41, 5.74) is -0.594. The number of rotatable bonds is 5. The SMILES string of the molecule is CN(C(CO)c1ccc(C(F)(F)F)cc1)S(=O)(=O)c1cccc2cnccc12. The van der Waals surface area contributed by atoms with E-state index in [1.54, 1.807) is 18.2 Å². The predicted molar refractivity (Wildman–Crippen MR) is 98.0 cm³/mol. The third kappa shape index (κ3) is 3.73. The fraction of sp³-hybridized carbons (Fsp3) is 0.211. The largest absolute Gasteiger partial charge is 0.416 e. The highest BCUT2D eigenvalue weighted by molar-refractivity contribution is 7.89. The number of benzene rings is 2. The molecule has 1 unspecified atom stereocenters. The molecule has 3 rings (SSSR count). The van der Waals surface area contributed by atoms with Crippen molar-refractivity contribution in [2.75, 3.05) is 13.7 Å². The average molecular weight is 410 g/mol. The zero-order chi connectivity index (χ0) is 20.5. The van der Waals surface area contributed by atoms with Gasteiger partial charge in [-0.15, -0.1) is 0 Å². The van der Waals surface area contributed by atoms with Crippen LogP contribution in [0.4, 0.5) is 13.2 Å². The molecule has 1 aromatic heterocycles. The van der Waals surface area contributed by atoms with E-state index in [0.29, 0.717) is 10.8 Å². The van der Waals surface area contributed by atoms with Crippen LogP contribution in [0.15, 0.2) is 65.8 Å². The normalized spacial score (nSPS) is 13.8. The van der Waals surface area contributed by atoms with Gasteiger partial charge in [-0.1, -0.05) is 24.3 Å². The lowest BCUT2D eigenvalue weighted by Gasteiger charge is -2.27. The summed E-state index contributed by atoms with van der Waals surface area (Å²) in [5, 5.41) is 10.9. The second-order valence-corrected chi connectivity index (χ2v) is 8.16. The van der Waals surface area contributed by atoms with Gasteiger partial charge in [0.05, 0.1) is 23.1 Å². The first-order valence-electron chi connectivity index (χ1n) is 8.25. The highest BCUT2D eigenvalue weighted by Crippen LogP contribution is 2.33. The molecule has 28 heavy (non-hydrogen) atoms. The fourth-order valence-corrected chi connectivity index (χ4v) is 4.51. The molecule has 9 heteroatoms. The predicted octanol–water partition coefficient (Wildman–Crippen LogP) is 3.61. The maximum Gasteiger partial charge on any atom is 0.416 e. The highest BCUT2D eigenvalue weighted by atomic mass is 32.2. The Morgan fingerprint density at radius 3 is 2.39 bits per heavy atom. The maximum absolute atomic E-state index is 13.2. The van der Waals surface area contributed by atoms with Crippen molar-refractivity contribution < 1.29 is 26.7 Å². The Morgan fingerprint density at radius 1 is 1.11 bits per heavy atom. The van der Waals surface area contributed by atoms with Crippen LogP contribution < -0.4 is 0 Å². The summed E-state index contributed by atoms with van der Waals surface area (Å²) in [7, 11) is -2.75. The summed E-state index contributed by atoms with van der Waals surface area (Å²) in [6, 6.07) is 9.34. The molecular formula is C19H17F3N2O3S. The smallest absolute Gasteiger partial charge is 0.394 e. The Labute approximate surface area is 160 Å². The van der Waals surface area contributed by atoms with E-state index >= 15 is 0 Å². The number of likely N-dealkylation sites (N-methyl/N-ethyl adjacent to an activating group) is 1. The van der Waals surface area contributed by atoms with Crippen molar-refractivity contribution in [3.8, 4) is 0 Å². The van der Waals surface area contributed by atoms with Gasteiger partial charge in [0.1, 0.15) is 0 Å². The minimum absolute atomic E-state index is 0.0280. The van der Waals surface area contributed by atoms with E-state index in [1.165, 1.54) is 37.6 Å². The van der Waals surface area contributed by atoms with Gasteiger partial charge in [-0.05, 0) is 29.8 Å². The molecule has 2 aromatic carbocycles. The summed E-state index contributed by atoms with van der Waals surface area (Å²) in [4.78, 5) is 4.00. The Balaban J connectivity index is 2.01. The number of fused-ring (bicyclic) bond motifs is 1. The Kier molecular flexibility index (Phi) is 5.42. The molecule has 0 fully saturated rings. The third-order valence-corrected chi connectivity index (χ3v) is 6.46. The topological polar surface area (TPSA) is 70.5 Å². The molecule has 1 heterocycles. The Morgan fingerprint density at radius 2 is 1.79 bits per heavy atom. The second-order valence-electron chi connectivity index (χ2n) is 6.19. The first kappa shape index (κ1) is 20.2. The van der Waals surface area contributed by atoms with Crippen LogP contribution in [0.3, 0.4) is 0 Å². The van der Waals surface area contributed by atoms with Gasteiger partial charge in [0.2, 0.25) is 10.0 Å². The van der Waals surface area contributed by atoms with Gasteiger partial charge in [-0.2, -0.15) is 17.5 Å². The van der Waals surface area contributed by atoms with Gasteiger partial charge in [0.25, 0.3) is 0 Å². The van der Waals surface area contributed by atoms with Crippen LogP contribution in [0.2, 0.25) is 0 Å². The van der Waals surface area contributed by atoms with Crippen molar-refractivity contribution in [2.45, 2.75) is 17.1 Å². The van der Waals surface area contributed by atoms with Crippen LogP contribution >= 0.6 is 0 Å². The van der Waals surface area contributed by atoms with E-state index in [0.717, 1.165) is 16.4 Å². The molecule has 3 aromatic rings. The summed E-state index contributed by atoms with van der Waals surface area (Å²) in [6.07, 6.45) is -1.49. The van der Waals surface area contributed by atoms with Crippen molar-refractivity contribution >= 4 is 20.8 Å². The number of aliphatic hydroxyl groups excluding tert-OH is 1. The Hall–Kier alpha value is -2.49. The second kappa shape index (κ2) is 7.50. The number of sulfonamides is 1. The standard InChI is InChI=1S/C19H17F3N2O3S/c1-24(17(12-25)13-5-7-15(8-6-13)19(20,21)22)28(26,27)18-4-2-3-14-11-23-10-9-16(14)18/h2-11,17,25H,12H2,1H3. The number of nitrogens with zero attached hydrogens (tertiary/aromatic N) is 2. The molecule has 0 saturated heterocycles. The minimum atomic E-state index is -4.50. The molecule has 0 aliphatic rings. The van der Waals surface area contributed by atoms with E-state index in [9.17, 15) is 26.7 Å². The zero-order valence-corrected chi connectivity index (χ0v) is 15.6. The van der Waals surface area contributed by atoms with Crippen molar-refractivity contribution in [2.24, 2.45) is 0 Å². The maximum atomic E-state index is 13.2. The van der Waals surface area contributed by atoms with E-state index in [1.807, 2.05) is 0 Å². The molecule has 148 valence electrons. The monoisotopic (exact) mass is 410 g/mol. The molecule has 0 saturated carbocycles. The number of hydrogen-bond donors (Lipinski definition) is 1. The van der Waals surface area contributed by atoms with E-state index in [-0.39, 0.29) is 10.5 Å². The minimum Gasteiger partial charge on any atom is -0.394 e. The lowest BCUT2D eigenvalue weighted by molar-refractivity contribution is -0.137. The summed E-state index contributed by atoms with van der Waals surface area (Å²) >= 11 is 0. The van der Waals surface area contributed by atoms with Crippen LogP contribution in [-0.2, 0) is 16.2 Å². The Bertz CT molecular complexity index is 1080. The van der Waals surface area contributed by atoms with Crippen LogP contribution in [0.5, 0.6) is 0 Å². The summed E-state index contributed by atoms with van der Waals surface area (Å²) in [5.74, 6) is 0. The third-order valence-electron chi connectivity index (χ3n) is 4.53. The van der Waals surface area contributed by atoms with E-state index in [2.05, 4.69) is 4.98 Å². The molecule has 0 bridgehead atoms. The van der Waals surface area contributed by atoms with Gasteiger partial charge in [-0.25, -0.2) is 8.42 Å². The van der Waals surface area contributed by atoms with Crippen molar-refractivity contribution in [1.29, 1.82) is 0 Å². The van der Waals surface area contributed by atoms with Gasteiger partial charge in [-0.3, -0.25) is 4.98 Å². The van der Waals surface area contributed by atoms with E-state index in [4.69, 9.17) is 0 Å². The van der Waals surface area contributed by atoms with Crippen molar-refractivity contribution in [3.05, 3.63) is 72.1 Å². The van der Waals surface area contributed by atoms with E-state index < -0.39 is 34.4 Å². The van der Waals surface area contributed by atoms with Gasteiger partial charge >= 0.3 is 6.18 Å². The number of aliphatic hydroxyl groups is 1. The lowest BCUT2D eigenvalue weighted by atomic mass is 10.1. The molecular weight excluding hydrogens is 393 g/mol. The number of halogens is 3. The molecule has 0 aliphatic heterocycles. The first-order valence-corrected chi connectivity index (χ1v) is 9.69. The van der Waals surface area contributed by atoms with Gasteiger partial charge in [0, 0.05) is 30.2 Å². The van der Waals surface area contributed by atoms with Gasteiger partial charge in [0.15, 0.2) is 0 Å². The molecule has 1 atom stereocenters. The summed E-state index contributed by atoms with van der Waals surface area (Å²) in [6.45, 7) is -0.590. The molecule has 1 N–H and O–H groups in total. The first-order chi connectivity index (χ1) is 13.2. The molecule has 0 amide bonds. The number of hydrogen-bond acceptors (Lipinski definition) is 4. The molecule has 5 nitrogen and oxygen atoms in total. The fourth-order valence-electron chi connectivity index (χ4n) is 2.96. The zero-order valence-electron chi connectivity index (χ0n) is 14.8. The average Bonchev–Trinajstić information content (AvgIpc) is 2.67. The summed E-state index contributed by atoms with van der Waals surface area (Å²) < 4.78 is 65.6. The molecule has 0 aliphatic carbocycles. The molecule has 0 spiro atoms. The van der Waals surface area contributed by atoms with Gasteiger partial charge < -0.3 is 5.11 Å². The quantitative estimate of drug-likeness (QED) is 0.698. The lowest BCUT2D eigenvalue weighted by Crippen LogP contribution is -2.33. The highest BCUT2D eigenvalue weighted by Gasteiger charge is 2.32. The van der Waals surface area contributed by atoms with Crippen LogP contribution in [0.1, 0.15) is 17.2 Å². The number of alkyl halides is 3. The van der Waals surface area contributed by atoms with Crippen molar-refractivity contribution in [3.63, 3.8) is 0 Å². The number of aromatic nitrogens is 1. The molecule has 0 radical (unpaired) electrons. The van der Waals surface area contributed by atoms with Crippen LogP contribution in [-0.4, -0.2) is 36.5 Å². The van der Waals surface area contributed by atoms with Crippen LogP contribution in [0.25, 0.3) is 10.8 Å². The van der Waals surface area contributed by atoms with Crippen molar-refractivity contribution in [1.82, 2.24) is 9.29 Å². The van der Waals surface area contributed by atoms with Crippen LogP contribution in [0, 0.1) is 0 Å².